The largest absolute Gasteiger partial charge is 0.316 e. The zero-order chi connectivity index (χ0) is 10.2. The summed E-state index contributed by atoms with van der Waals surface area (Å²) in [5, 5.41) is 5.58. The summed E-state index contributed by atoms with van der Waals surface area (Å²) in [6.07, 6.45) is 6.78. The van der Waals surface area contributed by atoms with Crippen molar-refractivity contribution < 1.29 is 0 Å². The van der Waals surface area contributed by atoms with Crippen LogP contribution in [0.25, 0.3) is 6.08 Å². The fourth-order valence-corrected chi connectivity index (χ4v) is 1.93. The first kappa shape index (κ1) is 11.5. The average Bonchev–Trinajstić information content (AvgIpc) is 2.58. The molecule has 1 N–H and O–H groups in total. The van der Waals surface area contributed by atoms with Gasteiger partial charge in [-0.3, -0.25) is 0 Å². The van der Waals surface area contributed by atoms with Crippen molar-refractivity contribution in [2.75, 3.05) is 13.1 Å². The highest BCUT2D eigenvalue weighted by atomic mass is 32.1. The Morgan fingerprint density at radius 1 is 1.43 bits per heavy atom. The Morgan fingerprint density at radius 2 is 2.29 bits per heavy atom. The van der Waals surface area contributed by atoms with Crippen LogP contribution in [-0.4, -0.2) is 13.1 Å². The predicted octanol–water partition coefficient (Wildman–Crippen LogP) is 3.46. The SMILES string of the molecule is CCCNCCC=Cc1csc(C)c1. The van der Waals surface area contributed by atoms with E-state index in [-0.39, 0.29) is 0 Å². The molecule has 0 aliphatic rings. The molecule has 78 valence electrons. The van der Waals surface area contributed by atoms with Crippen LogP contribution >= 0.6 is 11.3 Å². The van der Waals surface area contributed by atoms with Crippen LogP contribution in [0.4, 0.5) is 0 Å². The van der Waals surface area contributed by atoms with E-state index in [1.807, 2.05) is 11.3 Å². The minimum absolute atomic E-state index is 1.09. The summed E-state index contributed by atoms with van der Waals surface area (Å²) in [5.74, 6) is 0. The van der Waals surface area contributed by atoms with Gasteiger partial charge in [-0.2, -0.15) is 0 Å². The van der Waals surface area contributed by atoms with Crippen LogP contribution in [0.1, 0.15) is 30.2 Å². The molecule has 0 atom stereocenters. The van der Waals surface area contributed by atoms with Crippen LogP contribution in [0.3, 0.4) is 0 Å². The zero-order valence-electron chi connectivity index (χ0n) is 9.05. The number of hydrogen-bond acceptors (Lipinski definition) is 2. The third kappa shape index (κ3) is 4.58. The quantitative estimate of drug-likeness (QED) is 0.707. The van der Waals surface area contributed by atoms with Crippen molar-refractivity contribution in [1.82, 2.24) is 5.32 Å². The molecule has 0 radical (unpaired) electrons. The van der Waals surface area contributed by atoms with Crippen molar-refractivity contribution in [3.05, 3.63) is 28.0 Å². The van der Waals surface area contributed by atoms with Gasteiger partial charge in [0.15, 0.2) is 0 Å². The maximum absolute atomic E-state index is 3.38. The number of nitrogens with one attached hydrogen (secondary N) is 1. The third-order valence-electron chi connectivity index (χ3n) is 1.98. The fraction of sp³-hybridized carbons (Fsp3) is 0.500. The molecule has 0 aliphatic heterocycles. The lowest BCUT2D eigenvalue weighted by Crippen LogP contribution is -2.14. The van der Waals surface area contributed by atoms with Crippen molar-refractivity contribution in [2.24, 2.45) is 0 Å². The molecule has 1 rings (SSSR count). The van der Waals surface area contributed by atoms with Crippen molar-refractivity contribution in [3.8, 4) is 0 Å². The molecule has 0 unspecified atom stereocenters. The second-order valence-electron chi connectivity index (χ2n) is 3.43. The van der Waals surface area contributed by atoms with E-state index in [1.165, 1.54) is 16.9 Å². The van der Waals surface area contributed by atoms with Gasteiger partial charge >= 0.3 is 0 Å². The summed E-state index contributed by atoms with van der Waals surface area (Å²) in [7, 11) is 0. The molecule has 0 aromatic carbocycles. The van der Waals surface area contributed by atoms with E-state index >= 15 is 0 Å². The lowest BCUT2D eigenvalue weighted by Gasteiger charge is -1.97. The van der Waals surface area contributed by atoms with Gasteiger partial charge < -0.3 is 5.32 Å². The van der Waals surface area contributed by atoms with E-state index < -0.39 is 0 Å². The van der Waals surface area contributed by atoms with Gasteiger partial charge in [-0.1, -0.05) is 19.1 Å². The fourth-order valence-electron chi connectivity index (χ4n) is 1.26. The molecule has 0 saturated carbocycles. The van der Waals surface area contributed by atoms with Crippen molar-refractivity contribution in [3.63, 3.8) is 0 Å². The normalized spacial score (nSPS) is 11.3. The third-order valence-corrected chi connectivity index (χ3v) is 2.86. The number of hydrogen-bond donors (Lipinski definition) is 1. The van der Waals surface area contributed by atoms with Gasteiger partial charge in [0.25, 0.3) is 0 Å². The van der Waals surface area contributed by atoms with Crippen molar-refractivity contribution >= 4 is 17.4 Å². The Bertz CT molecular complexity index is 276. The van der Waals surface area contributed by atoms with E-state index in [0.29, 0.717) is 0 Å². The minimum Gasteiger partial charge on any atom is -0.316 e. The topological polar surface area (TPSA) is 12.0 Å². The first-order chi connectivity index (χ1) is 6.83. The molecule has 1 nitrogen and oxygen atoms in total. The van der Waals surface area contributed by atoms with Gasteiger partial charge in [0.1, 0.15) is 0 Å². The van der Waals surface area contributed by atoms with Gasteiger partial charge in [0, 0.05) is 4.88 Å². The second-order valence-corrected chi connectivity index (χ2v) is 4.55. The Labute approximate surface area is 90.9 Å². The van der Waals surface area contributed by atoms with Crippen LogP contribution in [-0.2, 0) is 0 Å². The van der Waals surface area contributed by atoms with Crippen molar-refractivity contribution in [1.29, 1.82) is 0 Å². The van der Waals surface area contributed by atoms with Gasteiger partial charge in [-0.15, -0.1) is 11.3 Å². The Hall–Kier alpha value is -0.600. The highest BCUT2D eigenvalue weighted by Crippen LogP contribution is 2.14. The maximum Gasteiger partial charge on any atom is 0.00203 e. The van der Waals surface area contributed by atoms with Gasteiger partial charge in [-0.05, 0) is 49.9 Å². The second kappa shape index (κ2) is 6.80. The van der Waals surface area contributed by atoms with E-state index in [9.17, 15) is 0 Å². The molecule has 0 aliphatic carbocycles. The van der Waals surface area contributed by atoms with Crippen molar-refractivity contribution in [2.45, 2.75) is 26.7 Å². The monoisotopic (exact) mass is 209 g/mol. The lowest BCUT2D eigenvalue weighted by atomic mass is 10.2. The number of rotatable bonds is 6. The van der Waals surface area contributed by atoms with Crippen LogP contribution in [0.15, 0.2) is 17.5 Å². The first-order valence-corrected chi connectivity index (χ1v) is 6.13. The maximum atomic E-state index is 3.38. The first-order valence-electron chi connectivity index (χ1n) is 5.25. The predicted molar refractivity (Wildman–Crippen MR) is 65.9 cm³/mol. The summed E-state index contributed by atoms with van der Waals surface area (Å²) in [5.41, 5.74) is 1.34. The molecule has 0 saturated heterocycles. The molecule has 0 fully saturated rings. The van der Waals surface area contributed by atoms with Crippen LogP contribution in [0.5, 0.6) is 0 Å². The molecule has 14 heavy (non-hydrogen) atoms. The smallest absolute Gasteiger partial charge is 0.00203 e. The summed E-state index contributed by atoms with van der Waals surface area (Å²) < 4.78 is 0. The minimum atomic E-state index is 1.09. The molecular formula is C12H19NS. The molecule has 0 spiro atoms. The summed E-state index contributed by atoms with van der Waals surface area (Å²) in [4.78, 5) is 1.38. The molecular weight excluding hydrogens is 190 g/mol. The van der Waals surface area contributed by atoms with Crippen LogP contribution < -0.4 is 5.32 Å². The number of aryl methyl sites for hydroxylation is 1. The van der Waals surface area contributed by atoms with Gasteiger partial charge in [0.2, 0.25) is 0 Å². The zero-order valence-corrected chi connectivity index (χ0v) is 9.86. The Balaban J connectivity index is 2.15. The van der Waals surface area contributed by atoms with Crippen LogP contribution in [0, 0.1) is 6.92 Å². The molecule has 0 amide bonds. The molecule has 0 bridgehead atoms. The van der Waals surface area contributed by atoms with E-state index in [2.05, 4.69) is 42.8 Å². The molecule has 1 heterocycles. The van der Waals surface area contributed by atoms with Gasteiger partial charge in [-0.25, -0.2) is 0 Å². The Kier molecular flexibility index (Phi) is 5.57. The lowest BCUT2D eigenvalue weighted by molar-refractivity contribution is 0.679. The average molecular weight is 209 g/mol. The molecule has 2 heteroatoms. The summed E-state index contributed by atoms with van der Waals surface area (Å²) in [6, 6.07) is 2.22. The summed E-state index contributed by atoms with van der Waals surface area (Å²) >= 11 is 1.81. The molecule has 1 aromatic heterocycles. The molecule has 1 aromatic rings. The highest BCUT2D eigenvalue weighted by Gasteiger charge is 1.89. The highest BCUT2D eigenvalue weighted by molar-refractivity contribution is 7.10. The van der Waals surface area contributed by atoms with E-state index in [1.54, 1.807) is 0 Å². The standard InChI is InChI=1S/C12H19NS/c1-3-7-13-8-5-4-6-12-9-11(2)14-10-12/h4,6,9-10,13H,3,5,7-8H2,1-2H3. The van der Waals surface area contributed by atoms with E-state index in [4.69, 9.17) is 0 Å². The Morgan fingerprint density at radius 3 is 2.93 bits per heavy atom. The van der Waals surface area contributed by atoms with E-state index in [0.717, 1.165) is 19.5 Å². The number of thiophene rings is 1. The van der Waals surface area contributed by atoms with Crippen LogP contribution in [0.2, 0.25) is 0 Å². The summed E-state index contributed by atoms with van der Waals surface area (Å²) in [6.45, 7) is 6.56. The van der Waals surface area contributed by atoms with Gasteiger partial charge in [0.05, 0.1) is 0 Å².